The van der Waals surface area contributed by atoms with Crippen LogP contribution in [0.25, 0.3) is 0 Å². The van der Waals surface area contributed by atoms with Crippen molar-refractivity contribution in [2.24, 2.45) is 0 Å². The molecule has 0 unspecified atom stereocenters. The zero-order chi connectivity index (χ0) is 12.9. The van der Waals surface area contributed by atoms with Crippen LogP contribution in [0.5, 0.6) is 5.75 Å². The Morgan fingerprint density at radius 3 is 1.94 bits per heavy atom. The molecule has 0 aliphatic heterocycles. The van der Waals surface area contributed by atoms with Crippen molar-refractivity contribution in [1.29, 1.82) is 0 Å². The van der Waals surface area contributed by atoms with E-state index in [9.17, 15) is 0 Å². The van der Waals surface area contributed by atoms with Crippen molar-refractivity contribution in [2.75, 3.05) is 13.2 Å². The zero-order valence-corrected chi connectivity index (χ0v) is 12.7. The third-order valence-corrected chi connectivity index (χ3v) is 4.50. The van der Waals surface area contributed by atoms with Gasteiger partial charge in [-0.1, -0.05) is 23.2 Å². The Kier molecular flexibility index (Phi) is 6.21. The molecule has 0 saturated heterocycles. The molecule has 0 N–H and O–H groups in total. The van der Waals surface area contributed by atoms with Gasteiger partial charge in [0, 0.05) is 21.9 Å². The van der Waals surface area contributed by atoms with E-state index in [0.717, 1.165) is 0 Å². The van der Waals surface area contributed by atoms with Gasteiger partial charge in [0.2, 0.25) is 0 Å². The first kappa shape index (κ1) is 15.2. The molecule has 17 heavy (non-hydrogen) atoms. The summed E-state index contributed by atoms with van der Waals surface area (Å²) in [6.45, 7) is 1.74. The average Bonchev–Trinajstić information content (AvgIpc) is 2.15. The van der Waals surface area contributed by atoms with E-state index in [1.807, 2.05) is 13.8 Å². The Labute approximate surface area is 116 Å². The molecule has 0 radical (unpaired) electrons. The number of halogens is 2. The summed E-state index contributed by atoms with van der Waals surface area (Å²) < 4.78 is 16.3. The SMILES string of the molecule is CCOP(=S)(OCC)Oc1cc(Cl)cc(Cl)c1. The van der Waals surface area contributed by atoms with Gasteiger partial charge < -0.3 is 4.52 Å². The topological polar surface area (TPSA) is 27.7 Å². The lowest BCUT2D eigenvalue weighted by Crippen LogP contribution is -2.02. The summed E-state index contributed by atoms with van der Waals surface area (Å²) in [6.07, 6.45) is 0. The highest BCUT2D eigenvalue weighted by molar-refractivity contribution is 8.07. The van der Waals surface area contributed by atoms with Gasteiger partial charge in [-0.3, -0.25) is 9.05 Å². The Morgan fingerprint density at radius 2 is 1.53 bits per heavy atom. The van der Waals surface area contributed by atoms with Crippen LogP contribution < -0.4 is 4.52 Å². The van der Waals surface area contributed by atoms with Crippen molar-refractivity contribution >= 4 is 41.7 Å². The summed E-state index contributed by atoms with van der Waals surface area (Å²) in [7, 11) is 0. The van der Waals surface area contributed by atoms with Crippen LogP contribution >= 0.6 is 29.9 Å². The molecule has 0 spiro atoms. The molecule has 0 atom stereocenters. The average molecular weight is 315 g/mol. The number of rotatable bonds is 6. The minimum absolute atomic E-state index is 0.422. The monoisotopic (exact) mass is 314 g/mol. The van der Waals surface area contributed by atoms with E-state index >= 15 is 0 Å². The summed E-state index contributed by atoms with van der Waals surface area (Å²) in [5.41, 5.74) is 0. The fourth-order valence-corrected chi connectivity index (χ4v) is 3.69. The first-order valence-corrected chi connectivity index (χ1v) is 8.35. The van der Waals surface area contributed by atoms with Gasteiger partial charge >= 0.3 is 6.72 Å². The molecule has 0 amide bonds. The molecule has 1 aromatic rings. The molecule has 0 heterocycles. The first-order chi connectivity index (χ1) is 7.99. The second-order valence-corrected chi connectivity index (χ2v) is 6.79. The molecular formula is C10H13Cl2O3PS. The second-order valence-electron chi connectivity index (χ2n) is 2.98. The molecule has 0 aromatic heterocycles. The normalized spacial score (nSPS) is 11.5. The van der Waals surface area contributed by atoms with Crippen molar-refractivity contribution in [1.82, 2.24) is 0 Å². The van der Waals surface area contributed by atoms with Crippen LogP contribution in [0.4, 0.5) is 0 Å². The van der Waals surface area contributed by atoms with E-state index in [0.29, 0.717) is 29.0 Å². The molecule has 0 aliphatic rings. The van der Waals surface area contributed by atoms with E-state index in [4.69, 9.17) is 48.6 Å². The summed E-state index contributed by atoms with van der Waals surface area (Å²) in [5.74, 6) is 0.452. The maximum absolute atomic E-state index is 5.87. The van der Waals surface area contributed by atoms with Crippen LogP contribution in [0.1, 0.15) is 13.8 Å². The minimum Gasteiger partial charge on any atom is -0.424 e. The van der Waals surface area contributed by atoms with Crippen molar-refractivity contribution in [2.45, 2.75) is 13.8 Å². The summed E-state index contributed by atoms with van der Waals surface area (Å²) in [4.78, 5) is 0. The number of benzene rings is 1. The minimum atomic E-state index is -2.76. The lowest BCUT2D eigenvalue weighted by molar-refractivity contribution is 0.218. The standard InChI is InChI=1S/C10H13Cl2O3PS/c1-3-13-16(17,14-4-2)15-10-6-8(11)5-9(12)7-10/h5-7H,3-4H2,1-2H3. The number of hydrogen-bond acceptors (Lipinski definition) is 4. The van der Waals surface area contributed by atoms with Gasteiger partial charge in [0.15, 0.2) is 0 Å². The Balaban J connectivity index is 2.89. The van der Waals surface area contributed by atoms with Crippen LogP contribution in [-0.4, -0.2) is 13.2 Å². The first-order valence-electron chi connectivity index (χ1n) is 5.04. The predicted molar refractivity (Wildman–Crippen MR) is 74.6 cm³/mol. The maximum atomic E-state index is 5.87. The molecule has 0 aliphatic carbocycles. The van der Waals surface area contributed by atoms with Crippen LogP contribution in [0.15, 0.2) is 18.2 Å². The highest BCUT2D eigenvalue weighted by Crippen LogP contribution is 2.50. The third kappa shape index (κ3) is 5.12. The highest BCUT2D eigenvalue weighted by Gasteiger charge is 2.21. The van der Waals surface area contributed by atoms with E-state index in [1.54, 1.807) is 18.2 Å². The Bertz CT molecular complexity index is 398. The fraction of sp³-hybridized carbons (Fsp3) is 0.400. The second kappa shape index (κ2) is 6.93. The molecule has 3 nitrogen and oxygen atoms in total. The van der Waals surface area contributed by atoms with Crippen molar-refractivity contribution < 1.29 is 13.6 Å². The smallest absolute Gasteiger partial charge is 0.380 e. The zero-order valence-electron chi connectivity index (χ0n) is 9.48. The van der Waals surface area contributed by atoms with Crippen molar-refractivity contribution in [3.05, 3.63) is 28.2 Å². The van der Waals surface area contributed by atoms with E-state index in [1.165, 1.54) is 0 Å². The lowest BCUT2D eigenvalue weighted by Gasteiger charge is -2.21. The maximum Gasteiger partial charge on any atom is 0.380 e. The summed E-state index contributed by atoms with van der Waals surface area (Å²) >= 11 is 17.0. The Hall–Kier alpha value is 0.170. The Morgan fingerprint density at radius 1 is 1.06 bits per heavy atom. The van der Waals surface area contributed by atoms with Crippen LogP contribution in [0, 0.1) is 0 Å². The molecule has 0 fully saturated rings. The molecule has 7 heteroatoms. The van der Waals surface area contributed by atoms with Crippen LogP contribution in [0.3, 0.4) is 0 Å². The van der Waals surface area contributed by atoms with Gasteiger partial charge in [0.1, 0.15) is 5.75 Å². The van der Waals surface area contributed by atoms with E-state index in [-0.39, 0.29) is 0 Å². The van der Waals surface area contributed by atoms with Crippen LogP contribution in [0.2, 0.25) is 10.0 Å². The molecular weight excluding hydrogens is 302 g/mol. The van der Waals surface area contributed by atoms with Gasteiger partial charge in [0.25, 0.3) is 0 Å². The lowest BCUT2D eigenvalue weighted by atomic mass is 10.3. The highest BCUT2D eigenvalue weighted by atomic mass is 35.5. The van der Waals surface area contributed by atoms with Gasteiger partial charge in [-0.15, -0.1) is 0 Å². The van der Waals surface area contributed by atoms with Crippen LogP contribution in [-0.2, 0) is 20.9 Å². The van der Waals surface area contributed by atoms with E-state index < -0.39 is 6.72 Å². The van der Waals surface area contributed by atoms with Gasteiger partial charge in [-0.2, -0.15) is 0 Å². The molecule has 0 saturated carbocycles. The largest absolute Gasteiger partial charge is 0.424 e. The quantitative estimate of drug-likeness (QED) is 0.713. The van der Waals surface area contributed by atoms with Crippen molar-refractivity contribution in [3.8, 4) is 5.75 Å². The third-order valence-electron chi connectivity index (χ3n) is 1.63. The fourth-order valence-electron chi connectivity index (χ4n) is 1.12. The van der Waals surface area contributed by atoms with Gasteiger partial charge in [0.05, 0.1) is 13.2 Å². The molecule has 96 valence electrons. The summed E-state index contributed by atoms with van der Waals surface area (Å²) in [6, 6.07) is 4.85. The van der Waals surface area contributed by atoms with Gasteiger partial charge in [-0.05, 0) is 32.0 Å². The summed E-state index contributed by atoms with van der Waals surface area (Å²) in [5, 5.41) is 0.948. The van der Waals surface area contributed by atoms with E-state index in [2.05, 4.69) is 0 Å². The molecule has 1 rings (SSSR count). The predicted octanol–water partition coefficient (Wildman–Crippen LogP) is 4.67. The van der Waals surface area contributed by atoms with Crippen molar-refractivity contribution in [3.63, 3.8) is 0 Å². The molecule has 0 bridgehead atoms. The van der Waals surface area contributed by atoms with Gasteiger partial charge in [-0.25, -0.2) is 0 Å². The number of hydrogen-bond donors (Lipinski definition) is 0. The molecule has 1 aromatic carbocycles.